The van der Waals surface area contributed by atoms with Crippen LogP contribution in [0.4, 0.5) is 0 Å². The zero-order valence-electron chi connectivity index (χ0n) is 18.2. The van der Waals surface area contributed by atoms with Crippen molar-refractivity contribution in [2.24, 2.45) is 5.92 Å². The van der Waals surface area contributed by atoms with Crippen LogP contribution in [0.3, 0.4) is 0 Å². The second-order valence-electron chi connectivity index (χ2n) is 9.26. The lowest BCUT2D eigenvalue weighted by Crippen LogP contribution is -2.40. The summed E-state index contributed by atoms with van der Waals surface area (Å²) in [6.45, 7) is 5.40. The average molecular weight is 441 g/mol. The molecule has 0 unspecified atom stereocenters. The van der Waals surface area contributed by atoms with Crippen molar-refractivity contribution in [2.45, 2.75) is 57.8 Å². The SMILES string of the molecule is CC(C)Cn1c(=O)c(C(=O)NC2CC2)c(O)n2ncc(/C=C/C(=O)N3C[C@@H]4C[C@H]3CO4)c12. The molecule has 0 aromatic carbocycles. The molecule has 2 aromatic heterocycles. The monoisotopic (exact) mass is 441 g/mol. The van der Waals surface area contributed by atoms with Crippen molar-refractivity contribution in [1.82, 2.24) is 24.4 Å². The lowest BCUT2D eigenvalue weighted by molar-refractivity contribution is -0.130. The highest BCUT2D eigenvalue weighted by Crippen LogP contribution is 2.28. The molecule has 3 fully saturated rings. The number of fused-ring (bicyclic) bond motifs is 3. The summed E-state index contributed by atoms with van der Waals surface area (Å²) in [5, 5.41) is 17.7. The largest absolute Gasteiger partial charge is 0.492 e. The van der Waals surface area contributed by atoms with E-state index in [0.29, 0.717) is 30.9 Å². The Morgan fingerprint density at radius 2 is 2.16 bits per heavy atom. The van der Waals surface area contributed by atoms with Crippen LogP contribution in [0.2, 0.25) is 0 Å². The fourth-order valence-corrected chi connectivity index (χ4v) is 4.47. The zero-order chi connectivity index (χ0) is 22.6. The van der Waals surface area contributed by atoms with Crippen LogP contribution in [0.25, 0.3) is 11.7 Å². The summed E-state index contributed by atoms with van der Waals surface area (Å²) >= 11 is 0. The molecule has 170 valence electrons. The molecule has 2 atom stereocenters. The highest BCUT2D eigenvalue weighted by Gasteiger charge is 2.40. The smallest absolute Gasteiger partial charge is 0.270 e. The number of ether oxygens (including phenoxy) is 1. The minimum absolute atomic E-state index is 0.0453. The number of aromatic nitrogens is 3. The van der Waals surface area contributed by atoms with E-state index < -0.39 is 17.3 Å². The molecule has 2 aromatic rings. The van der Waals surface area contributed by atoms with Crippen LogP contribution in [-0.2, 0) is 16.1 Å². The van der Waals surface area contributed by atoms with E-state index in [1.165, 1.54) is 21.4 Å². The van der Waals surface area contributed by atoms with Crippen LogP contribution >= 0.6 is 0 Å². The molecule has 5 rings (SSSR count). The molecule has 10 heteroatoms. The topological polar surface area (TPSA) is 118 Å². The van der Waals surface area contributed by atoms with E-state index in [2.05, 4.69) is 10.4 Å². The summed E-state index contributed by atoms with van der Waals surface area (Å²) < 4.78 is 8.20. The third-order valence-corrected chi connectivity index (χ3v) is 6.19. The van der Waals surface area contributed by atoms with Crippen molar-refractivity contribution in [3.8, 4) is 5.88 Å². The van der Waals surface area contributed by atoms with E-state index in [4.69, 9.17) is 4.74 Å². The van der Waals surface area contributed by atoms with Gasteiger partial charge in [0.2, 0.25) is 11.8 Å². The molecule has 0 radical (unpaired) electrons. The van der Waals surface area contributed by atoms with Crippen LogP contribution in [0.1, 0.15) is 49.0 Å². The van der Waals surface area contributed by atoms with Crippen molar-refractivity contribution in [1.29, 1.82) is 0 Å². The number of hydrogen-bond acceptors (Lipinski definition) is 6. The number of hydrogen-bond donors (Lipinski definition) is 2. The second-order valence-corrected chi connectivity index (χ2v) is 9.26. The van der Waals surface area contributed by atoms with E-state index in [1.807, 2.05) is 13.8 Å². The van der Waals surface area contributed by atoms with Gasteiger partial charge in [0, 0.05) is 30.8 Å². The molecule has 1 saturated carbocycles. The Morgan fingerprint density at radius 3 is 2.78 bits per heavy atom. The van der Waals surface area contributed by atoms with Gasteiger partial charge < -0.3 is 20.1 Å². The molecule has 10 nitrogen and oxygen atoms in total. The van der Waals surface area contributed by atoms with Crippen LogP contribution in [0.5, 0.6) is 5.88 Å². The molecule has 2 aliphatic heterocycles. The summed E-state index contributed by atoms with van der Waals surface area (Å²) in [6.07, 6.45) is 7.27. The first kappa shape index (κ1) is 20.7. The van der Waals surface area contributed by atoms with Gasteiger partial charge >= 0.3 is 0 Å². The Bertz CT molecular complexity index is 1180. The summed E-state index contributed by atoms with van der Waals surface area (Å²) in [4.78, 5) is 40.4. The molecular weight excluding hydrogens is 414 g/mol. The van der Waals surface area contributed by atoms with Crippen LogP contribution < -0.4 is 10.9 Å². The third-order valence-electron chi connectivity index (χ3n) is 6.19. The number of carbonyl (C=O) groups excluding carboxylic acids is 2. The van der Waals surface area contributed by atoms with Crippen molar-refractivity contribution >= 4 is 23.5 Å². The molecule has 0 spiro atoms. The maximum atomic E-state index is 13.3. The van der Waals surface area contributed by atoms with Crippen molar-refractivity contribution in [3.63, 3.8) is 0 Å². The first-order chi connectivity index (χ1) is 15.3. The quantitative estimate of drug-likeness (QED) is 0.639. The molecule has 2 bridgehead atoms. The maximum absolute atomic E-state index is 13.3. The summed E-state index contributed by atoms with van der Waals surface area (Å²) in [5.41, 5.74) is -0.0224. The van der Waals surface area contributed by atoms with Gasteiger partial charge in [-0.05, 0) is 31.3 Å². The fraction of sp³-hybridized carbons (Fsp3) is 0.545. The molecule has 1 aliphatic carbocycles. The van der Waals surface area contributed by atoms with Gasteiger partial charge in [0.25, 0.3) is 11.5 Å². The van der Waals surface area contributed by atoms with Gasteiger partial charge in [-0.2, -0.15) is 9.61 Å². The number of nitrogens with one attached hydrogen (secondary N) is 1. The minimum Gasteiger partial charge on any atom is -0.492 e. The van der Waals surface area contributed by atoms with E-state index in [-0.39, 0.29) is 35.6 Å². The van der Waals surface area contributed by atoms with E-state index in [0.717, 1.165) is 19.3 Å². The predicted octanol–water partition coefficient (Wildman–Crippen LogP) is 0.763. The van der Waals surface area contributed by atoms with E-state index >= 15 is 0 Å². The second kappa shape index (κ2) is 7.77. The highest BCUT2D eigenvalue weighted by molar-refractivity contribution is 5.97. The number of carbonyl (C=O) groups is 2. The molecule has 2 saturated heterocycles. The Morgan fingerprint density at radius 1 is 1.38 bits per heavy atom. The van der Waals surface area contributed by atoms with Gasteiger partial charge in [0.05, 0.1) is 24.9 Å². The van der Waals surface area contributed by atoms with Gasteiger partial charge in [-0.3, -0.25) is 19.0 Å². The lowest BCUT2D eigenvalue weighted by atomic mass is 10.2. The number of rotatable bonds is 6. The Labute approximate surface area is 184 Å². The normalized spacial score (nSPS) is 22.5. The average Bonchev–Trinajstić information content (AvgIpc) is 3.15. The minimum atomic E-state index is -0.594. The fourth-order valence-electron chi connectivity index (χ4n) is 4.47. The lowest BCUT2D eigenvalue weighted by Gasteiger charge is -2.25. The Hall–Kier alpha value is -3.14. The first-order valence-corrected chi connectivity index (χ1v) is 11.1. The van der Waals surface area contributed by atoms with Crippen molar-refractivity contribution < 1.29 is 19.4 Å². The summed E-state index contributed by atoms with van der Waals surface area (Å²) in [6, 6.07) is 0.153. The summed E-state index contributed by atoms with van der Waals surface area (Å²) in [5.74, 6) is -1.11. The number of morpholine rings is 1. The number of nitrogens with zero attached hydrogens (tertiary/aromatic N) is 4. The number of aromatic hydroxyl groups is 1. The van der Waals surface area contributed by atoms with Crippen molar-refractivity contribution in [3.05, 3.63) is 33.8 Å². The van der Waals surface area contributed by atoms with Crippen molar-refractivity contribution in [2.75, 3.05) is 13.2 Å². The Kier molecular flexibility index (Phi) is 5.04. The maximum Gasteiger partial charge on any atom is 0.270 e. The molecule has 2 N–H and O–H groups in total. The third kappa shape index (κ3) is 3.58. The van der Waals surface area contributed by atoms with Crippen LogP contribution in [0.15, 0.2) is 17.1 Å². The van der Waals surface area contributed by atoms with Crippen LogP contribution in [-0.4, -0.2) is 67.3 Å². The summed E-state index contributed by atoms with van der Waals surface area (Å²) in [7, 11) is 0. The first-order valence-electron chi connectivity index (χ1n) is 11.1. The van der Waals surface area contributed by atoms with Gasteiger partial charge in [0.1, 0.15) is 5.65 Å². The number of likely N-dealkylation sites (tertiary alicyclic amines) is 1. The molecule has 2 amide bonds. The van der Waals surface area contributed by atoms with Crippen LogP contribution in [0, 0.1) is 5.92 Å². The molecule has 3 aliphatic rings. The molecule has 4 heterocycles. The van der Waals surface area contributed by atoms with Gasteiger partial charge in [-0.1, -0.05) is 13.8 Å². The van der Waals surface area contributed by atoms with Gasteiger partial charge in [-0.15, -0.1) is 0 Å². The molecular formula is C22H27N5O5. The number of amides is 2. The predicted molar refractivity (Wildman–Crippen MR) is 115 cm³/mol. The molecule has 32 heavy (non-hydrogen) atoms. The van der Waals surface area contributed by atoms with Gasteiger partial charge in [0.15, 0.2) is 5.56 Å². The Balaban J connectivity index is 1.53. The zero-order valence-corrected chi connectivity index (χ0v) is 18.2. The van der Waals surface area contributed by atoms with E-state index in [9.17, 15) is 19.5 Å². The standard InChI is InChI=1S/C22H27N5O5/c1-12(2)9-26-20-13(3-6-17(28)25-10-16-7-15(25)11-32-16)8-23-27(20)22(31)18(21(26)30)19(29)24-14-4-5-14/h3,6,8,12,14-16,31H,4-5,7,9-11H2,1-2H3,(H,24,29)/b6-3+/t15-,16-/m0/s1. The highest BCUT2D eigenvalue weighted by atomic mass is 16.5. The van der Waals surface area contributed by atoms with Gasteiger partial charge in [-0.25, -0.2) is 0 Å². The van der Waals surface area contributed by atoms with E-state index in [1.54, 1.807) is 11.0 Å².